The lowest BCUT2D eigenvalue weighted by molar-refractivity contribution is -0.166. The quantitative estimate of drug-likeness (QED) is 0.682. The predicted molar refractivity (Wildman–Crippen MR) is 69.9 cm³/mol. The van der Waals surface area contributed by atoms with Crippen molar-refractivity contribution in [2.45, 2.75) is 39.0 Å². The minimum Gasteiger partial charge on any atom is -0.481 e. The van der Waals surface area contributed by atoms with E-state index >= 15 is 0 Å². The van der Waals surface area contributed by atoms with Gasteiger partial charge in [0.1, 0.15) is 11.3 Å². The third kappa shape index (κ3) is 5.34. The molecule has 0 amide bonds. The molecule has 0 unspecified atom stereocenters. The third-order valence-corrected chi connectivity index (χ3v) is 2.54. The second-order valence-electron chi connectivity index (χ2n) is 5.68. The van der Waals surface area contributed by atoms with Crippen molar-refractivity contribution in [1.82, 2.24) is 4.98 Å². The highest BCUT2D eigenvalue weighted by atomic mass is 19.4. The van der Waals surface area contributed by atoms with Crippen LogP contribution >= 0.6 is 0 Å². The first kappa shape index (κ1) is 17.9. The fraction of sp³-hybridized carbons (Fsp3) is 0.500. The summed E-state index contributed by atoms with van der Waals surface area (Å²) in [7, 11) is 0. The van der Waals surface area contributed by atoms with Crippen LogP contribution in [0.15, 0.2) is 18.3 Å². The van der Waals surface area contributed by atoms with Gasteiger partial charge in [-0.05, 0) is 38.8 Å². The molecule has 0 aromatic carbocycles. The van der Waals surface area contributed by atoms with Crippen molar-refractivity contribution in [2.75, 3.05) is 0 Å². The molecule has 0 aliphatic rings. The number of pyridine rings is 1. The van der Waals surface area contributed by atoms with E-state index < -0.39 is 35.3 Å². The van der Waals surface area contributed by atoms with Crippen molar-refractivity contribution in [1.29, 1.82) is 0 Å². The van der Waals surface area contributed by atoms with Gasteiger partial charge in [0, 0.05) is 6.20 Å². The van der Waals surface area contributed by atoms with Crippen LogP contribution in [0.3, 0.4) is 0 Å². The molecule has 1 N–H and O–H groups in total. The van der Waals surface area contributed by atoms with Gasteiger partial charge in [0.2, 0.25) is 0 Å². The Morgan fingerprint density at radius 1 is 1.27 bits per heavy atom. The van der Waals surface area contributed by atoms with Gasteiger partial charge >= 0.3 is 18.1 Å². The molecule has 0 bridgehead atoms. The van der Waals surface area contributed by atoms with E-state index in [1.807, 2.05) is 0 Å². The number of esters is 1. The number of halogens is 3. The molecule has 0 fully saturated rings. The SMILES string of the molecule is CC(C)(C)OC(=O)[C@@H](Cc1ccc(C(F)(F)F)nc1)C(=O)O. The standard InChI is InChI=1S/C14H16F3NO4/c1-13(2,3)22-12(21)9(11(19)20)6-8-4-5-10(18-7-8)14(15,16)17/h4-5,7,9H,6H2,1-3H3,(H,19,20)/t9-/m0/s1. The molecule has 0 spiro atoms. The maximum absolute atomic E-state index is 12.4. The van der Waals surface area contributed by atoms with Crippen molar-refractivity contribution in [2.24, 2.45) is 5.92 Å². The first-order valence-electron chi connectivity index (χ1n) is 6.38. The van der Waals surface area contributed by atoms with Gasteiger partial charge < -0.3 is 9.84 Å². The first-order valence-corrected chi connectivity index (χ1v) is 6.38. The van der Waals surface area contributed by atoms with Crippen molar-refractivity contribution in [3.05, 3.63) is 29.6 Å². The highest BCUT2D eigenvalue weighted by molar-refractivity contribution is 5.94. The second kappa shape index (κ2) is 6.33. The molecule has 22 heavy (non-hydrogen) atoms. The molecular formula is C14H16F3NO4. The lowest BCUT2D eigenvalue weighted by atomic mass is 10.00. The number of aromatic nitrogens is 1. The number of carboxylic acids is 1. The van der Waals surface area contributed by atoms with Gasteiger partial charge in [0.05, 0.1) is 0 Å². The Balaban J connectivity index is 2.88. The number of hydrogen-bond donors (Lipinski definition) is 1. The molecule has 1 aromatic rings. The van der Waals surface area contributed by atoms with Crippen molar-refractivity contribution >= 4 is 11.9 Å². The summed E-state index contributed by atoms with van der Waals surface area (Å²) in [6, 6.07) is 1.83. The number of carbonyl (C=O) groups excluding carboxylic acids is 1. The molecule has 1 atom stereocenters. The summed E-state index contributed by atoms with van der Waals surface area (Å²) in [6.45, 7) is 4.76. The molecule has 0 aliphatic heterocycles. The van der Waals surface area contributed by atoms with Gasteiger partial charge in [0.25, 0.3) is 0 Å². The largest absolute Gasteiger partial charge is 0.481 e. The molecular weight excluding hydrogens is 303 g/mol. The Kier molecular flexibility index (Phi) is 5.16. The van der Waals surface area contributed by atoms with Crippen molar-refractivity contribution in [3.63, 3.8) is 0 Å². The molecule has 0 saturated carbocycles. The predicted octanol–water partition coefficient (Wildman–Crippen LogP) is 2.69. The summed E-state index contributed by atoms with van der Waals surface area (Å²) in [6.07, 6.45) is -3.96. The minimum absolute atomic E-state index is 0.200. The van der Waals surface area contributed by atoms with Crippen LogP contribution < -0.4 is 0 Å². The fourth-order valence-electron chi connectivity index (χ4n) is 1.59. The average molecular weight is 319 g/mol. The molecule has 1 aromatic heterocycles. The number of nitrogens with zero attached hydrogens (tertiary/aromatic N) is 1. The highest BCUT2D eigenvalue weighted by Gasteiger charge is 2.33. The minimum atomic E-state index is -4.57. The number of aliphatic carboxylic acids is 1. The van der Waals surface area contributed by atoms with Crippen LogP contribution in [0.5, 0.6) is 0 Å². The van der Waals surface area contributed by atoms with E-state index in [1.165, 1.54) is 0 Å². The number of hydrogen-bond acceptors (Lipinski definition) is 4. The Labute approximate surface area is 125 Å². The fourth-order valence-corrected chi connectivity index (χ4v) is 1.59. The highest BCUT2D eigenvalue weighted by Crippen LogP contribution is 2.27. The normalized spacial score (nSPS) is 13.5. The van der Waals surface area contributed by atoms with E-state index in [9.17, 15) is 22.8 Å². The Morgan fingerprint density at radius 2 is 1.86 bits per heavy atom. The Morgan fingerprint density at radius 3 is 2.23 bits per heavy atom. The van der Waals surface area contributed by atoms with Gasteiger partial charge in [-0.15, -0.1) is 0 Å². The van der Waals surface area contributed by atoms with Crippen LogP contribution in [0.4, 0.5) is 13.2 Å². The molecule has 1 rings (SSSR count). The molecule has 1 heterocycles. The van der Waals surface area contributed by atoms with Crippen molar-refractivity contribution < 1.29 is 32.6 Å². The maximum atomic E-state index is 12.4. The number of carboxylic acid groups (broad SMARTS) is 1. The zero-order chi connectivity index (χ0) is 17.1. The maximum Gasteiger partial charge on any atom is 0.433 e. The number of rotatable bonds is 4. The van der Waals surface area contributed by atoms with Crippen LogP contribution in [0.25, 0.3) is 0 Å². The van der Waals surface area contributed by atoms with Gasteiger partial charge in [-0.2, -0.15) is 13.2 Å². The van der Waals surface area contributed by atoms with Crippen LogP contribution in [-0.4, -0.2) is 27.6 Å². The lowest BCUT2D eigenvalue weighted by Gasteiger charge is -2.22. The molecule has 0 aliphatic carbocycles. The van der Waals surface area contributed by atoms with Crippen molar-refractivity contribution in [3.8, 4) is 0 Å². The third-order valence-electron chi connectivity index (χ3n) is 2.54. The number of ether oxygens (including phenoxy) is 1. The zero-order valence-corrected chi connectivity index (χ0v) is 12.3. The zero-order valence-electron chi connectivity index (χ0n) is 12.3. The second-order valence-corrected chi connectivity index (χ2v) is 5.68. The van der Waals surface area contributed by atoms with Crippen LogP contribution in [0.2, 0.25) is 0 Å². The summed E-state index contributed by atoms with van der Waals surface area (Å²) < 4.78 is 42.2. The summed E-state index contributed by atoms with van der Waals surface area (Å²) in [5.74, 6) is -3.85. The van der Waals surface area contributed by atoms with E-state index in [1.54, 1.807) is 20.8 Å². The van der Waals surface area contributed by atoms with Gasteiger partial charge in [-0.25, -0.2) is 0 Å². The summed E-state index contributed by atoms with van der Waals surface area (Å²) in [4.78, 5) is 26.2. The van der Waals surface area contributed by atoms with E-state index in [0.717, 1.165) is 18.3 Å². The summed E-state index contributed by atoms with van der Waals surface area (Å²) >= 11 is 0. The molecule has 8 heteroatoms. The van der Waals surface area contributed by atoms with E-state index in [4.69, 9.17) is 9.84 Å². The smallest absolute Gasteiger partial charge is 0.433 e. The molecule has 0 saturated heterocycles. The van der Waals surface area contributed by atoms with Gasteiger partial charge in [0.15, 0.2) is 5.92 Å². The van der Waals surface area contributed by atoms with E-state index in [0.29, 0.717) is 0 Å². The van der Waals surface area contributed by atoms with Crippen LogP contribution in [-0.2, 0) is 26.9 Å². The van der Waals surface area contributed by atoms with Crippen LogP contribution in [0, 0.1) is 5.92 Å². The topological polar surface area (TPSA) is 76.5 Å². The Hall–Kier alpha value is -2.12. The monoisotopic (exact) mass is 319 g/mol. The first-order chi connectivity index (χ1) is 9.90. The summed E-state index contributed by atoms with van der Waals surface area (Å²) in [5.41, 5.74) is -1.74. The number of carbonyl (C=O) groups is 2. The van der Waals surface area contributed by atoms with Gasteiger partial charge in [-0.3, -0.25) is 14.6 Å². The van der Waals surface area contributed by atoms with E-state index in [-0.39, 0.29) is 12.0 Å². The molecule has 122 valence electrons. The van der Waals surface area contributed by atoms with Crippen LogP contribution in [0.1, 0.15) is 32.0 Å². The van der Waals surface area contributed by atoms with Gasteiger partial charge in [-0.1, -0.05) is 6.07 Å². The molecule has 5 nitrogen and oxygen atoms in total. The molecule has 0 radical (unpaired) electrons. The lowest BCUT2D eigenvalue weighted by Crippen LogP contribution is -2.34. The summed E-state index contributed by atoms with van der Waals surface area (Å²) in [5, 5.41) is 9.08. The van der Waals surface area contributed by atoms with E-state index in [2.05, 4.69) is 4.98 Å². The Bertz CT molecular complexity index is 547. The average Bonchev–Trinajstić information content (AvgIpc) is 2.32. The number of alkyl halides is 3.